The minimum absolute atomic E-state index is 0.0980. The van der Waals surface area contributed by atoms with Crippen molar-refractivity contribution in [3.63, 3.8) is 0 Å². The summed E-state index contributed by atoms with van der Waals surface area (Å²) < 4.78 is 5.84. The Morgan fingerprint density at radius 3 is 2.86 bits per heavy atom. The van der Waals surface area contributed by atoms with Crippen LogP contribution in [0.5, 0.6) is 0 Å². The van der Waals surface area contributed by atoms with Crippen LogP contribution in [0.2, 0.25) is 5.02 Å². The number of aromatic nitrogens is 1. The highest BCUT2D eigenvalue weighted by atomic mass is 35.5. The van der Waals surface area contributed by atoms with E-state index < -0.39 is 0 Å². The highest BCUT2D eigenvalue weighted by Gasteiger charge is 2.39. The number of amides is 1. The first-order valence-electron chi connectivity index (χ1n) is 7.41. The van der Waals surface area contributed by atoms with Crippen molar-refractivity contribution in [2.45, 2.75) is 12.1 Å². The zero-order chi connectivity index (χ0) is 15.9. The third kappa shape index (κ3) is 2.78. The van der Waals surface area contributed by atoms with Gasteiger partial charge in [-0.3, -0.25) is 9.69 Å². The summed E-state index contributed by atoms with van der Waals surface area (Å²) in [6.45, 7) is 3.34. The molecule has 2 fully saturated rings. The Hall–Kier alpha value is -1.37. The zero-order valence-corrected chi connectivity index (χ0v) is 13.9. The van der Waals surface area contributed by atoms with Crippen LogP contribution in [0.25, 0.3) is 0 Å². The normalized spacial score (nSPS) is 25.2. The molecule has 0 aliphatic carbocycles. The van der Waals surface area contributed by atoms with Crippen LogP contribution in [0, 0.1) is 0 Å². The number of pyridine rings is 1. The molecule has 22 heavy (non-hydrogen) atoms. The number of hydrogen-bond donors (Lipinski definition) is 0. The maximum absolute atomic E-state index is 12.0. The highest BCUT2D eigenvalue weighted by Crippen LogP contribution is 2.30. The second-order valence-corrected chi connectivity index (χ2v) is 6.50. The maximum atomic E-state index is 12.0. The first-order chi connectivity index (χ1) is 10.5. The topological polar surface area (TPSA) is 48.9 Å². The Morgan fingerprint density at radius 2 is 2.23 bits per heavy atom. The number of nitrogens with zero attached hydrogens (tertiary/aromatic N) is 4. The molecule has 1 amide bonds. The van der Waals surface area contributed by atoms with Crippen LogP contribution in [0.4, 0.5) is 5.82 Å². The summed E-state index contributed by atoms with van der Waals surface area (Å²) in [5.74, 6) is 0.627. The smallest absolute Gasteiger partial charge is 0.254 e. The molecule has 1 aromatic rings. The molecule has 0 aromatic carbocycles. The van der Waals surface area contributed by atoms with E-state index >= 15 is 0 Å². The van der Waals surface area contributed by atoms with Gasteiger partial charge in [-0.2, -0.15) is 0 Å². The van der Waals surface area contributed by atoms with Crippen molar-refractivity contribution in [2.75, 3.05) is 52.3 Å². The molecule has 6 nitrogen and oxygen atoms in total. The molecule has 0 bridgehead atoms. The van der Waals surface area contributed by atoms with Crippen molar-refractivity contribution in [2.24, 2.45) is 0 Å². The van der Waals surface area contributed by atoms with Gasteiger partial charge in [0.1, 0.15) is 5.82 Å². The van der Waals surface area contributed by atoms with E-state index in [4.69, 9.17) is 16.3 Å². The van der Waals surface area contributed by atoms with Crippen LogP contribution in [0.1, 0.15) is 10.4 Å². The minimum atomic E-state index is -0.0980. The summed E-state index contributed by atoms with van der Waals surface area (Å²) in [5, 5.41) is 0.508. The number of hydrogen-bond acceptors (Lipinski definition) is 5. The van der Waals surface area contributed by atoms with E-state index in [1.165, 1.54) is 4.90 Å². The molecule has 120 valence electrons. The Morgan fingerprint density at radius 1 is 1.45 bits per heavy atom. The van der Waals surface area contributed by atoms with Gasteiger partial charge in [0.2, 0.25) is 0 Å². The summed E-state index contributed by atoms with van der Waals surface area (Å²) in [4.78, 5) is 22.4. The lowest BCUT2D eigenvalue weighted by Gasteiger charge is -2.33. The summed E-state index contributed by atoms with van der Waals surface area (Å²) in [5.41, 5.74) is 0.503. The minimum Gasteiger partial charge on any atom is -0.373 e. The van der Waals surface area contributed by atoms with Crippen LogP contribution in [-0.4, -0.2) is 80.2 Å². The van der Waals surface area contributed by atoms with E-state index in [-0.39, 0.29) is 12.0 Å². The molecule has 3 rings (SSSR count). The third-order valence-electron chi connectivity index (χ3n) is 4.35. The van der Waals surface area contributed by atoms with Crippen molar-refractivity contribution < 1.29 is 9.53 Å². The number of carbonyl (C=O) groups excluding carboxylic acids is 1. The Labute approximate surface area is 135 Å². The largest absolute Gasteiger partial charge is 0.373 e. The number of morpholine rings is 1. The van der Waals surface area contributed by atoms with Gasteiger partial charge < -0.3 is 14.5 Å². The Balaban J connectivity index is 1.80. The quantitative estimate of drug-likeness (QED) is 0.811. The van der Waals surface area contributed by atoms with Crippen LogP contribution < -0.4 is 4.90 Å². The van der Waals surface area contributed by atoms with Gasteiger partial charge in [0, 0.05) is 39.9 Å². The molecule has 2 saturated heterocycles. The van der Waals surface area contributed by atoms with E-state index in [0.29, 0.717) is 16.6 Å². The van der Waals surface area contributed by atoms with E-state index in [2.05, 4.69) is 21.8 Å². The molecule has 7 heteroatoms. The van der Waals surface area contributed by atoms with Gasteiger partial charge in [-0.25, -0.2) is 4.98 Å². The molecule has 0 radical (unpaired) electrons. The SMILES string of the molecule is CN(C)C(=O)c1cnc(N2C[C@H]3OCCN(C)[C@H]3C2)c(Cl)c1. The molecular weight excluding hydrogens is 304 g/mol. The number of carbonyl (C=O) groups is 1. The second-order valence-electron chi connectivity index (χ2n) is 6.09. The lowest BCUT2D eigenvalue weighted by Crippen LogP contribution is -2.48. The lowest BCUT2D eigenvalue weighted by atomic mass is 10.1. The monoisotopic (exact) mass is 324 g/mol. The van der Waals surface area contributed by atoms with Crippen molar-refractivity contribution in [1.82, 2.24) is 14.8 Å². The predicted molar refractivity (Wildman–Crippen MR) is 85.6 cm³/mol. The Kier molecular flexibility index (Phi) is 4.25. The average Bonchev–Trinajstić information content (AvgIpc) is 2.91. The first kappa shape index (κ1) is 15.5. The number of anilines is 1. The fourth-order valence-electron chi connectivity index (χ4n) is 3.07. The fraction of sp³-hybridized carbons (Fsp3) is 0.600. The maximum Gasteiger partial charge on any atom is 0.254 e. The van der Waals surface area contributed by atoms with Gasteiger partial charge >= 0.3 is 0 Å². The zero-order valence-electron chi connectivity index (χ0n) is 13.1. The summed E-state index contributed by atoms with van der Waals surface area (Å²) in [7, 11) is 5.54. The van der Waals surface area contributed by atoms with Crippen LogP contribution in [-0.2, 0) is 4.74 Å². The standard InChI is InChI=1S/C15H21ClN4O2/c1-18(2)15(21)10-6-11(16)14(17-7-10)20-8-12-13(9-20)22-5-4-19(12)3/h6-7,12-13H,4-5,8-9H2,1-3H3/t12-,13+/m0/s1. The fourth-order valence-corrected chi connectivity index (χ4v) is 3.36. The van der Waals surface area contributed by atoms with Gasteiger partial charge in [-0.15, -0.1) is 0 Å². The van der Waals surface area contributed by atoms with E-state index in [1.807, 2.05) is 0 Å². The average molecular weight is 325 g/mol. The van der Waals surface area contributed by atoms with Crippen molar-refractivity contribution in [3.05, 3.63) is 22.8 Å². The van der Waals surface area contributed by atoms with Gasteiger partial charge in [-0.1, -0.05) is 11.6 Å². The van der Waals surface area contributed by atoms with E-state index in [1.54, 1.807) is 26.4 Å². The summed E-state index contributed by atoms with van der Waals surface area (Å²) in [6.07, 6.45) is 1.79. The molecular formula is C15H21ClN4O2. The number of rotatable bonds is 2. The second kappa shape index (κ2) is 6.02. The molecule has 0 unspecified atom stereocenters. The molecule has 3 heterocycles. The highest BCUT2D eigenvalue weighted by molar-refractivity contribution is 6.33. The van der Waals surface area contributed by atoms with Gasteiger partial charge in [0.05, 0.1) is 29.3 Å². The third-order valence-corrected chi connectivity index (χ3v) is 4.63. The number of halogens is 1. The first-order valence-corrected chi connectivity index (χ1v) is 7.79. The van der Waals surface area contributed by atoms with Gasteiger partial charge in [0.25, 0.3) is 5.91 Å². The van der Waals surface area contributed by atoms with Gasteiger partial charge in [0.15, 0.2) is 0 Å². The molecule has 0 N–H and O–H groups in total. The predicted octanol–water partition coefficient (Wildman–Crippen LogP) is 0.956. The number of ether oxygens (including phenoxy) is 1. The number of likely N-dealkylation sites (N-methyl/N-ethyl adjacent to an activating group) is 1. The van der Waals surface area contributed by atoms with Crippen molar-refractivity contribution in [1.29, 1.82) is 0 Å². The van der Waals surface area contributed by atoms with Crippen LogP contribution >= 0.6 is 11.6 Å². The molecule has 2 aliphatic rings. The lowest BCUT2D eigenvalue weighted by molar-refractivity contribution is -0.0362. The molecule has 0 spiro atoms. The summed E-state index contributed by atoms with van der Waals surface area (Å²) >= 11 is 6.36. The number of fused-ring (bicyclic) bond motifs is 1. The molecule has 1 aromatic heterocycles. The molecule has 2 atom stereocenters. The molecule has 0 saturated carbocycles. The Bertz CT molecular complexity index is 581. The van der Waals surface area contributed by atoms with Gasteiger partial charge in [-0.05, 0) is 13.1 Å². The molecule has 2 aliphatic heterocycles. The van der Waals surface area contributed by atoms with Crippen LogP contribution in [0.15, 0.2) is 12.3 Å². The van der Waals surface area contributed by atoms with E-state index in [9.17, 15) is 4.79 Å². The van der Waals surface area contributed by atoms with Crippen molar-refractivity contribution in [3.8, 4) is 0 Å². The van der Waals surface area contributed by atoms with Crippen molar-refractivity contribution >= 4 is 23.3 Å². The summed E-state index contributed by atoms with van der Waals surface area (Å²) in [6, 6.07) is 2.06. The van der Waals surface area contributed by atoms with Crippen LogP contribution in [0.3, 0.4) is 0 Å². The van der Waals surface area contributed by atoms with E-state index in [0.717, 1.165) is 32.1 Å².